The minimum absolute atomic E-state index is 0.0842. The van der Waals surface area contributed by atoms with Gasteiger partial charge < -0.3 is 5.32 Å². The van der Waals surface area contributed by atoms with Crippen molar-refractivity contribution in [3.05, 3.63) is 30.1 Å². The van der Waals surface area contributed by atoms with Crippen LogP contribution in [0.25, 0.3) is 0 Å². The molecule has 0 fully saturated rings. The molecule has 0 aliphatic rings. The Morgan fingerprint density at radius 2 is 1.92 bits per heavy atom. The topological polar surface area (TPSA) is 66.5 Å². The van der Waals surface area contributed by atoms with Gasteiger partial charge in [0.25, 0.3) is 0 Å². The van der Waals surface area contributed by atoms with Gasteiger partial charge in [-0.05, 0) is 18.6 Å². The third kappa shape index (κ3) is 6.86. The van der Waals surface area contributed by atoms with Crippen molar-refractivity contribution in [2.75, 3.05) is 22.9 Å². The minimum Gasteiger partial charge on any atom is -0.353 e. The van der Waals surface area contributed by atoms with Crippen LogP contribution in [0.4, 0.5) is 10.1 Å². The highest BCUT2D eigenvalue weighted by molar-refractivity contribution is 8.00. The lowest BCUT2D eigenvalue weighted by molar-refractivity contribution is -0.122. The van der Waals surface area contributed by atoms with Gasteiger partial charge in [-0.25, -0.2) is 12.8 Å². The Morgan fingerprint density at radius 3 is 2.40 bits per heavy atom. The van der Waals surface area contributed by atoms with Crippen molar-refractivity contribution in [3.8, 4) is 0 Å². The van der Waals surface area contributed by atoms with E-state index in [-0.39, 0.29) is 16.9 Å². The zero-order valence-electron chi connectivity index (χ0n) is 15.4. The zero-order valence-corrected chi connectivity index (χ0v) is 17.0. The van der Waals surface area contributed by atoms with Gasteiger partial charge in [-0.1, -0.05) is 39.8 Å². The summed E-state index contributed by atoms with van der Waals surface area (Å²) in [7, 11) is -3.82. The number of para-hydroxylation sites is 1. The maximum Gasteiger partial charge on any atom is 0.243 e. The summed E-state index contributed by atoms with van der Waals surface area (Å²) in [6.45, 7) is 8.37. The van der Waals surface area contributed by atoms with E-state index < -0.39 is 27.8 Å². The fourth-order valence-corrected chi connectivity index (χ4v) is 4.34. The molecule has 25 heavy (non-hydrogen) atoms. The van der Waals surface area contributed by atoms with Gasteiger partial charge in [0.05, 0.1) is 11.9 Å². The fourth-order valence-electron chi connectivity index (χ4n) is 2.32. The van der Waals surface area contributed by atoms with E-state index >= 15 is 0 Å². The molecule has 1 atom stereocenters. The number of thioether (sulfide) groups is 1. The van der Waals surface area contributed by atoms with Crippen molar-refractivity contribution in [2.45, 2.75) is 44.9 Å². The van der Waals surface area contributed by atoms with Crippen LogP contribution in [0, 0.1) is 5.82 Å². The van der Waals surface area contributed by atoms with Gasteiger partial charge in [-0.3, -0.25) is 9.10 Å². The summed E-state index contributed by atoms with van der Waals surface area (Å²) in [4.78, 5) is 12.5. The first kappa shape index (κ1) is 21.8. The number of sulfonamides is 1. The number of amides is 1. The zero-order chi connectivity index (χ0) is 19.3. The molecule has 0 spiro atoms. The van der Waals surface area contributed by atoms with E-state index in [1.807, 2.05) is 0 Å². The first-order valence-corrected chi connectivity index (χ1v) is 11.0. The molecule has 8 heteroatoms. The van der Waals surface area contributed by atoms with Crippen molar-refractivity contribution >= 4 is 33.4 Å². The molecule has 0 aromatic heterocycles. The number of halogens is 1. The van der Waals surface area contributed by atoms with Gasteiger partial charge >= 0.3 is 0 Å². The molecule has 1 amide bonds. The lowest BCUT2D eigenvalue weighted by Gasteiger charge is -2.30. The van der Waals surface area contributed by atoms with Crippen LogP contribution in [0.2, 0.25) is 0 Å². The monoisotopic (exact) mass is 390 g/mol. The molecular weight excluding hydrogens is 363 g/mol. The van der Waals surface area contributed by atoms with E-state index in [2.05, 4.69) is 26.1 Å². The summed E-state index contributed by atoms with van der Waals surface area (Å²) in [6.07, 6.45) is 1.21. The van der Waals surface area contributed by atoms with Gasteiger partial charge in [0.1, 0.15) is 11.9 Å². The van der Waals surface area contributed by atoms with Crippen molar-refractivity contribution in [3.63, 3.8) is 0 Å². The Balaban J connectivity index is 2.96. The third-order valence-corrected chi connectivity index (χ3v) is 5.80. The molecule has 0 aliphatic carbocycles. The van der Waals surface area contributed by atoms with Crippen molar-refractivity contribution in [2.24, 2.45) is 0 Å². The van der Waals surface area contributed by atoms with E-state index in [0.29, 0.717) is 12.3 Å². The third-order valence-electron chi connectivity index (χ3n) is 3.36. The molecule has 0 saturated heterocycles. The lowest BCUT2D eigenvalue weighted by atomic mass is 10.2. The maximum atomic E-state index is 14.1. The number of carbonyl (C=O) groups excluding carboxylic acids is 1. The summed E-state index contributed by atoms with van der Waals surface area (Å²) < 4.78 is 39.5. The summed E-state index contributed by atoms with van der Waals surface area (Å²) in [5.74, 6) is -0.391. The Bertz CT molecular complexity index is 687. The van der Waals surface area contributed by atoms with E-state index in [0.717, 1.165) is 10.6 Å². The second kappa shape index (κ2) is 8.89. The highest BCUT2D eigenvalue weighted by Gasteiger charge is 2.32. The number of rotatable bonds is 8. The molecule has 0 aliphatic heterocycles. The summed E-state index contributed by atoms with van der Waals surface area (Å²) >= 11 is 1.70. The average Bonchev–Trinajstić information content (AvgIpc) is 2.48. The SMILES string of the molecule is CCC(C(=O)NCCSC(C)(C)C)N(c1ccccc1F)S(C)(=O)=O. The Morgan fingerprint density at radius 1 is 1.32 bits per heavy atom. The van der Waals surface area contributed by atoms with Crippen LogP contribution in [0.3, 0.4) is 0 Å². The Kier molecular flexibility index (Phi) is 7.74. The Hall–Kier alpha value is -1.28. The molecular formula is C17H27FN2O3S2. The molecule has 0 radical (unpaired) electrons. The second-order valence-corrected chi connectivity index (χ2v) is 10.5. The minimum atomic E-state index is -3.82. The first-order chi connectivity index (χ1) is 11.5. The quantitative estimate of drug-likeness (QED) is 0.693. The lowest BCUT2D eigenvalue weighted by Crippen LogP contribution is -2.50. The van der Waals surface area contributed by atoms with Crippen LogP contribution in [0.1, 0.15) is 34.1 Å². The predicted molar refractivity (Wildman–Crippen MR) is 103 cm³/mol. The average molecular weight is 391 g/mol. The highest BCUT2D eigenvalue weighted by atomic mass is 32.2. The van der Waals surface area contributed by atoms with Crippen molar-refractivity contribution in [1.82, 2.24) is 5.32 Å². The number of hydrogen-bond acceptors (Lipinski definition) is 4. The molecule has 1 aromatic carbocycles. The van der Waals surface area contributed by atoms with Gasteiger partial charge in [0.2, 0.25) is 15.9 Å². The van der Waals surface area contributed by atoms with E-state index in [9.17, 15) is 17.6 Å². The van der Waals surface area contributed by atoms with Crippen LogP contribution in [-0.4, -0.2) is 43.7 Å². The van der Waals surface area contributed by atoms with Gasteiger partial charge in [0.15, 0.2) is 0 Å². The Labute approximate surface area is 154 Å². The van der Waals surface area contributed by atoms with Gasteiger partial charge in [-0.15, -0.1) is 0 Å². The van der Waals surface area contributed by atoms with Crippen LogP contribution in [-0.2, 0) is 14.8 Å². The van der Waals surface area contributed by atoms with Gasteiger partial charge in [-0.2, -0.15) is 11.8 Å². The molecule has 142 valence electrons. The van der Waals surface area contributed by atoms with E-state index in [1.54, 1.807) is 24.8 Å². The van der Waals surface area contributed by atoms with Crippen molar-refractivity contribution < 1.29 is 17.6 Å². The highest BCUT2D eigenvalue weighted by Crippen LogP contribution is 2.25. The predicted octanol–water partition coefficient (Wildman–Crippen LogP) is 3.02. The number of nitrogens with zero attached hydrogens (tertiary/aromatic N) is 1. The van der Waals surface area contributed by atoms with Crippen molar-refractivity contribution in [1.29, 1.82) is 0 Å². The molecule has 1 aromatic rings. The largest absolute Gasteiger partial charge is 0.353 e. The molecule has 1 N–H and O–H groups in total. The normalized spacial score (nSPS) is 13.4. The molecule has 5 nitrogen and oxygen atoms in total. The second-order valence-electron chi connectivity index (χ2n) is 6.69. The van der Waals surface area contributed by atoms with Crippen LogP contribution < -0.4 is 9.62 Å². The molecule has 1 rings (SSSR count). The molecule has 0 heterocycles. The summed E-state index contributed by atoms with van der Waals surface area (Å²) in [5.41, 5.74) is -0.115. The number of benzene rings is 1. The molecule has 1 unspecified atom stereocenters. The number of nitrogens with one attached hydrogen (secondary N) is 1. The number of anilines is 1. The fraction of sp³-hybridized carbons (Fsp3) is 0.588. The number of carbonyl (C=O) groups is 1. The van der Waals surface area contributed by atoms with Crippen LogP contribution >= 0.6 is 11.8 Å². The maximum absolute atomic E-state index is 14.1. The number of hydrogen-bond donors (Lipinski definition) is 1. The standard InChI is InChI=1S/C17H27FN2O3S2/c1-6-14(16(21)19-11-12-24-17(2,3)4)20(25(5,22)23)15-10-8-7-9-13(15)18/h7-10,14H,6,11-12H2,1-5H3,(H,19,21). The van der Waals surface area contributed by atoms with Gasteiger partial charge in [0, 0.05) is 17.0 Å². The summed E-state index contributed by atoms with van der Waals surface area (Å²) in [5, 5.41) is 2.76. The molecule has 0 saturated carbocycles. The smallest absolute Gasteiger partial charge is 0.243 e. The van der Waals surface area contributed by atoms with Crippen LogP contribution in [0.15, 0.2) is 24.3 Å². The summed E-state index contributed by atoms with van der Waals surface area (Å²) in [6, 6.07) is 4.57. The first-order valence-electron chi connectivity index (χ1n) is 8.13. The molecule has 0 bridgehead atoms. The van der Waals surface area contributed by atoms with Crippen LogP contribution in [0.5, 0.6) is 0 Å². The van der Waals surface area contributed by atoms with E-state index in [4.69, 9.17) is 0 Å². The van der Waals surface area contributed by atoms with E-state index in [1.165, 1.54) is 18.2 Å².